The lowest BCUT2D eigenvalue weighted by atomic mass is 9.83. The Morgan fingerprint density at radius 3 is 2.35 bits per heavy atom. The van der Waals surface area contributed by atoms with Crippen LogP contribution < -0.4 is 4.72 Å². The van der Waals surface area contributed by atoms with E-state index in [2.05, 4.69) is 4.72 Å². The minimum Gasteiger partial charge on any atom is -0.426 e. The molecule has 0 rings (SSSR count). The van der Waals surface area contributed by atoms with Crippen LogP contribution >= 0.6 is 0 Å². The maximum Gasteiger partial charge on any atom is 0.470 e. The van der Waals surface area contributed by atoms with Gasteiger partial charge in [0.05, 0.1) is 23.0 Å². The minimum absolute atomic E-state index is 0.158. The topological polar surface area (TPSA) is 120 Å². The van der Waals surface area contributed by atoms with Gasteiger partial charge in [-0.1, -0.05) is 0 Å². The Bertz CT molecular complexity index is 439. The molecule has 9 heteroatoms. The van der Waals surface area contributed by atoms with Crippen LogP contribution in [-0.2, 0) is 14.7 Å². The number of unbranched alkanes of at least 4 members (excludes halogenated alkanes) is 1. The zero-order chi connectivity index (χ0) is 16.0. The zero-order valence-electron chi connectivity index (χ0n) is 12.4. The third-order valence-corrected chi connectivity index (χ3v) is 4.52. The number of hydrogen-bond donors (Lipinski definition) is 3. The zero-order valence-corrected chi connectivity index (χ0v) is 13.2. The summed E-state index contributed by atoms with van der Waals surface area (Å²) < 4.78 is 30.5. The van der Waals surface area contributed by atoms with E-state index in [0.29, 0.717) is 0 Å². The Balaban J connectivity index is 4.30. The SMILES string of the molecule is CC(C)(O)C(C)(C)OB(O)CNS(=O)(=O)CCCC#N. The summed E-state index contributed by atoms with van der Waals surface area (Å²) >= 11 is 0. The van der Waals surface area contributed by atoms with E-state index in [9.17, 15) is 18.5 Å². The van der Waals surface area contributed by atoms with Gasteiger partial charge in [-0.25, -0.2) is 13.1 Å². The number of aliphatic hydroxyl groups is 1. The molecule has 20 heavy (non-hydrogen) atoms. The van der Waals surface area contributed by atoms with Crippen LogP contribution in [0.1, 0.15) is 40.5 Å². The van der Waals surface area contributed by atoms with Gasteiger partial charge in [-0.2, -0.15) is 5.26 Å². The second-order valence-electron chi connectivity index (χ2n) is 5.57. The first-order chi connectivity index (χ1) is 8.91. The Kier molecular flexibility index (Phi) is 7.14. The molecule has 0 fully saturated rings. The van der Waals surface area contributed by atoms with E-state index in [4.69, 9.17) is 9.92 Å². The molecular formula is C11H23BN2O5S. The lowest BCUT2D eigenvalue weighted by molar-refractivity contribution is -0.0999. The number of sulfonamides is 1. The number of rotatable bonds is 9. The highest BCUT2D eigenvalue weighted by atomic mass is 32.2. The summed E-state index contributed by atoms with van der Waals surface area (Å²) in [5.74, 6) is -0.178. The van der Waals surface area contributed by atoms with Crippen molar-refractivity contribution in [1.82, 2.24) is 4.72 Å². The average molecular weight is 306 g/mol. The van der Waals surface area contributed by atoms with Crippen LogP contribution in [0.25, 0.3) is 0 Å². The first-order valence-electron chi connectivity index (χ1n) is 6.34. The first-order valence-corrected chi connectivity index (χ1v) is 7.99. The van der Waals surface area contributed by atoms with Crippen molar-refractivity contribution in [3.63, 3.8) is 0 Å². The highest BCUT2D eigenvalue weighted by Gasteiger charge is 2.39. The van der Waals surface area contributed by atoms with Crippen molar-refractivity contribution in [2.45, 2.75) is 51.7 Å². The van der Waals surface area contributed by atoms with E-state index in [1.165, 1.54) is 13.8 Å². The van der Waals surface area contributed by atoms with Crippen molar-refractivity contribution in [3.8, 4) is 6.07 Å². The Morgan fingerprint density at radius 2 is 1.90 bits per heavy atom. The molecule has 7 nitrogen and oxygen atoms in total. The summed E-state index contributed by atoms with van der Waals surface area (Å²) in [6.45, 7) is 6.26. The second-order valence-corrected chi connectivity index (χ2v) is 7.50. The lowest BCUT2D eigenvalue weighted by Gasteiger charge is -2.38. The van der Waals surface area contributed by atoms with Crippen LogP contribution in [0.4, 0.5) is 0 Å². The fourth-order valence-electron chi connectivity index (χ4n) is 1.14. The molecule has 0 aromatic carbocycles. The van der Waals surface area contributed by atoms with Crippen LogP contribution in [0.2, 0.25) is 0 Å². The van der Waals surface area contributed by atoms with E-state index in [-0.39, 0.29) is 25.0 Å². The summed E-state index contributed by atoms with van der Waals surface area (Å²) in [7, 11) is -4.92. The van der Waals surface area contributed by atoms with Crippen molar-refractivity contribution in [2.75, 3.05) is 12.2 Å². The molecule has 0 aliphatic carbocycles. The fraction of sp³-hybridized carbons (Fsp3) is 0.909. The van der Waals surface area contributed by atoms with Crippen molar-refractivity contribution in [3.05, 3.63) is 0 Å². The van der Waals surface area contributed by atoms with E-state index >= 15 is 0 Å². The second kappa shape index (κ2) is 7.38. The van der Waals surface area contributed by atoms with E-state index < -0.39 is 28.3 Å². The molecule has 0 radical (unpaired) electrons. The lowest BCUT2D eigenvalue weighted by Crippen LogP contribution is -2.52. The van der Waals surface area contributed by atoms with E-state index in [1.54, 1.807) is 13.8 Å². The molecule has 3 N–H and O–H groups in total. The molecular weight excluding hydrogens is 283 g/mol. The van der Waals surface area contributed by atoms with Gasteiger partial charge in [0.2, 0.25) is 10.0 Å². The molecule has 0 aromatic heterocycles. The maximum atomic E-state index is 11.5. The first kappa shape index (κ1) is 19.3. The molecule has 0 aliphatic heterocycles. The van der Waals surface area contributed by atoms with Gasteiger partial charge in [0.15, 0.2) is 0 Å². The van der Waals surface area contributed by atoms with Crippen molar-refractivity contribution in [2.24, 2.45) is 0 Å². The molecule has 116 valence electrons. The third-order valence-electron chi connectivity index (χ3n) is 3.08. The monoisotopic (exact) mass is 306 g/mol. The summed E-state index contributed by atoms with van der Waals surface area (Å²) in [6, 6.07) is 1.86. The minimum atomic E-state index is -3.54. The Hall–Kier alpha value is -0.655. The van der Waals surface area contributed by atoms with Gasteiger partial charge >= 0.3 is 7.12 Å². The van der Waals surface area contributed by atoms with Gasteiger partial charge in [-0.3, -0.25) is 0 Å². The number of nitriles is 1. The molecule has 0 spiro atoms. The molecule has 0 amide bonds. The molecule has 0 aromatic rings. The molecule has 0 unspecified atom stereocenters. The van der Waals surface area contributed by atoms with Crippen LogP contribution in [0.5, 0.6) is 0 Å². The highest BCUT2D eigenvalue weighted by Crippen LogP contribution is 2.25. The fourth-order valence-corrected chi connectivity index (χ4v) is 2.20. The Morgan fingerprint density at radius 1 is 1.35 bits per heavy atom. The molecule has 0 saturated heterocycles. The Labute approximate surface area is 121 Å². The molecule has 0 atom stereocenters. The van der Waals surface area contributed by atoms with Crippen LogP contribution in [-0.4, -0.2) is 49.1 Å². The molecule has 0 aliphatic rings. The summed E-state index contributed by atoms with van der Waals surface area (Å²) in [5.41, 5.74) is -2.24. The van der Waals surface area contributed by atoms with Crippen molar-refractivity contribution < 1.29 is 23.2 Å². The molecule has 0 bridgehead atoms. The van der Waals surface area contributed by atoms with Gasteiger partial charge in [0.25, 0.3) is 0 Å². The van der Waals surface area contributed by atoms with Crippen LogP contribution in [0.3, 0.4) is 0 Å². The highest BCUT2D eigenvalue weighted by molar-refractivity contribution is 7.89. The standard InChI is InChI=1S/C11H23BN2O5S/c1-10(2,15)11(3,4)19-12(16)9-14-20(17,18)8-6-5-7-13/h14-16H,5-6,8-9H2,1-4H3. The predicted molar refractivity (Wildman–Crippen MR) is 76.1 cm³/mol. The third kappa shape index (κ3) is 7.21. The predicted octanol–water partition coefficient (Wildman–Crippen LogP) is -0.205. The van der Waals surface area contributed by atoms with Gasteiger partial charge in [0.1, 0.15) is 0 Å². The average Bonchev–Trinajstić information content (AvgIpc) is 2.25. The quantitative estimate of drug-likeness (QED) is 0.401. The van der Waals surface area contributed by atoms with E-state index in [1.807, 2.05) is 6.07 Å². The summed E-state index contributed by atoms with van der Waals surface area (Å²) in [4.78, 5) is 0. The van der Waals surface area contributed by atoms with Crippen LogP contribution in [0, 0.1) is 11.3 Å². The maximum absolute atomic E-state index is 11.5. The number of nitrogens with one attached hydrogen (secondary N) is 1. The smallest absolute Gasteiger partial charge is 0.426 e. The van der Waals surface area contributed by atoms with Gasteiger partial charge in [0, 0.05) is 12.9 Å². The number of hydrogen-bond acceptors (Lipinski definition) is 6. The normalized spacial score (nSPS) is 13.1. The number of nitrogens with zero attached hydrogens (tertiary/aromatic N) is 1. The van der Waals surface area contributed by atoms with Crippen molar-refractivity contribution >= 4 is 17.1 Å². The van der Waals surface area contributed by atoms with Gasteiger partial charge < -0.3 is 14.8 Å². The van der Waals surface area contributed by atoms with Crippen molar-refractivity contribution in [1.29, 1.82) is 5.26 Å². The largest absolute Gasteiger partial charge is 0.470 e. The summed E-state index contributed by atoms with van der Waals surface area (Å²) in [5, 5.41) is 27.9. The van der Waals surface area contributed by atoms with Gasteiger partial charge in [-0.05, 0) is 34.1 Å². The van der Waals surface area contributed by atoms with E-state index in [0.717, 1.165) is 0 Å². The van der Waals surface area contributed by atoms with Crippen LogP contribution in [0.15, 0.2) is 0 Å². The van der Waals surface area contributed by atoms with Gasteiger partial charge in [-0.15, -0.1) is 0 Å². The molecule has 0 heterocycles. The molecule has 0 saturated carbocycles. The summed E-state index contributed by atoms with van der Waals surface area (Å²) in [6.07, 6.45) is 0.0814.